The molecule has 3 aromatic rings. The van der Waals surface area contributed by atoms with E-state index in [1.54, 1.807) is 6.92 Å². The van der Waals surface area contributed by atoms with Gasteiger partial charge in [-0.15, -0.1) is 0 Å². The summed E-state index contributed by atoms with van der Waals surface area (Å²) in [5.74, 6) is 1.06. The van der Waals surface area contributed by atoms with Crippen LogP contribution in [-0.2, 0) is 13.2 Å². The fourth-order valence-electron chi connectivity index (χ4n) is 3.23. The normalized spacial score (nSPS) is 12.1. The van der Waals surface area contributed by atoms with Crippen LogP contribution in [0, 0.1) is 27.7 Å². The van der Waals surface area contributed by atoms with Crippen molar-refractivity contribution < 1.29 is 14.1 Å². The minimum Gasteiger partial charge on any atom is -0.488 e. The highest BCUT2D eigenvalue weighted by Crippen LogP contribution is 2.24. The third kappa shape index (κ3) is 4.34. The molecule has 0 aliphatic rings. The number of ether oxygens (including phenoxy) is 1. The molecule has 0 fully saturated rings. The fourth-order valence-corrected chi connectivity index (χ4v) is 3.23. The molecule has 1 N–H and O–H groups in total. The molecule has 0 radical (unpaired) electrons. The van der Waals surface area contributed by atoms with Crippen molar-refractivity contribution in [2.24, 2.45) is 0 Å². The van der Waals surface area contributed by atoms with Crippen LogP contribution >= 0.6 is 0 Å². The van der Waals surface area contributed by atoms with E-state index in [-0.39, 0.29) is 24.2 Å². The molecule has 29 heavy (non-hydrogen) atoms. The van der Waals surface area contributed by atoms with Crippen LogP contribution in [0.15, 0.2) is 28.9 Å². The summed E-state index contributed by atoms with van der Waals surface area (Å²) >= 11 is 0. The number of aromatic nitrogens is 3. The smallest absolute Gasteiger partial charge is 0.274 e. The molecule has 1 unspecified atom stereocenters. The van der Waals surface area contributed by atoms with Gasteiger partial charge in [0.15, 0.2) is 5.69 Å². The molecule has 7 heteroatoms. The van der Waals surface area contributed by atoms with Crippen LogP contribution in [0.3, 0.4) is 0 Å². The lowest BCUT2D eigenvalue weighted by atomic mass is 10.1. The zero-order chi connectivity index (χ0) is 21.1. The van der Waals surface area contributed by atoms with Gasteiger partial charge in [-0.2, -0.15) is 5.10 Å². The van der Waals surface area contributed by atoms with Crippen molar-refractivity contribution in [2.45, 2.75) is 60.7 Å². The van der Waals surface area contributed by atoms with E-state index in [1.807, 2.05) is 63.7 Å². The Bertz CT molecular complexity index is 1020. The number of hydrogen-bond donors (Lipinski definition) is 1. The Hall–Kier alpha value is -3.09. The van der Waals surface area contributed by atoms with Gasteiger partial charge in [-0.05, 0) is 58.7 Å². The Balaban J connectivity index is 1.75. The standard InChI is InChI=1S/C22H28N4O3/c1-7-26-11-18(16(5)24-26)15(4)23-22(27)21-19(17(6)29-25-21)12-28-20-10-8-9-13(2)14(20)3/h8-11,15H,7,12H2,1-6H3,(H,23,27). The van der Waals surface area contributed by atoms with Gasteiger partial charge >= 0.3 is 0 Å². The predicted molar refractivity (Wildman–Crippen MR) is 110 cm³/mol. The summed E-state index contributed by atoms with van der Waals surface area (Å²) in [5, 5.41) is 11.4. The maximum absolute atomic E-state index is 12.9. The quantitative estimate of drug-likeness (QED) is 0.647. The molecule has 0 saturated carbocycles. The van der Waals surface area contributed by atoms with E-state index in [1.165, 1.54) is 0 Å². The summed E-state index contributed by atoms with van der Waals surface area (Å²) in [6, 6.07) is 5.70. The van der Waals surface area contributed by atoms with Gasteiger partial charge in [-0.1, -0.05) is 17.3 Å². The van der Waals surface area contributed by atoms with Crippen molar-refractivity contribution in [3.05, 3.63) is 63.8 Å². The molecular weight excluding hydrogens is 368 g/mol. The first kappa shape index (κ1) is 20.6. The highest BCUT2D eigenvalue weighted by molar-refractivity contribution is 5.94. The number of hydrogen-bond acceptors (Lipinski definition) is 5. The number of carbonyl (C=O) groups excluding carboxylic acids is 1. The van der Waals surface area contributed by atoms with Crippen LogP contribution in [0.1, 0.15) is 64.1 Å². The second kappa shape index (κ2) is 8.51. The lowest BCUT2D eigenvalue weighted by Crippen LogP contribution is -2.28. The molecule has 1 amide bonds. The first-order valence-electron chi connectivity index (χ1n) is 9.80. The molecule has 0 spiro atoms. The van der Waals surface area contributed by atoms with Crippen LogP contribution in [-0.4, -0.2) is 20.8 Å². The van der Waals surface area contributed by atoms with E-state index in [2.05, 4.69) is 15.6 Å². The van der Waals surface area contributed by atoms with Crippen molar-refractivity contribution in [3.63, 3.8) is 0 Å². The molecule has 0 bridgehead atoms. The van der Waals surface area contributed by atoms with Crippen LogP contribution in [0.4, 0.5) is 0 Å². The summed E-state index contributed by atoms with van der Waals surface area (Å²) in [4.78, 5) is 12.9. The average Bonchev–Trinajstić information content (AvgIpc) is 3.25. The number of nitrogens with one attached hydrogen (secondary N) is 1. The van der Waals surface area contributed by atoms with Crippen molar-refractivity contribution in [1.29, 1.82) is 0 Å². The molecule has 3 rings (SSSR count). The molecule has 0 aliphatic carbocycles. The van der Waals surface area contributed by atoms with Gasteiger partial charge in [0.2, 0.25) is 0 Å². The molecule has 0 saturated heterocycles. The molecule has 2 aromatic heterocycles. The SMILES string of the molecule is CCn1cc(C(C)NC(=O)c2noc(C)c2COc2cccc(C)c2C)c(C)n1. The van der Waals surface area contributed by atoms with E-state index < -0.39 is 0 Å². The molecule has 0 aliphatic heterocycles. The Morgan fingerprint density at radius 3 is 2.72 bits per heavy atom. The Labute approximate surface area is 171 Å². The molecule has 1 aromatic carbocycles. The van der Waals surface area contributed by atoms with Gasteiger partial charge in [0.05, 0.1) is 17.3 Å². The zero-order valence-corrected chi connectivity index (χ0v) is 17.9. The van der Waals surface area contributed by atoms with E-state index >= 15 is 0 Å². The van der Waals surface area contributed by atoms with E-state index in [0.717, 1.165) is 34.7 Å². The van der Waals surface area contributed by atoms with Crippen molar-refractivity contribution in [2.75, 3.05) is 0 Å². The highest BCUT2D eigenvalue weighted by atomic mass is 16.5. The number of aryl methyl sites for hydroxylation is 4. The Morgan fingerprint density at radius 1 is 1.28 bits per heavy atom. The maximum atomic E-state index is 12.9. The zero-order valence-electron chi connectivity index (χ0n) is 17.9. The monoisotopic (exact) mass is 396 g/mol. The van der Waals surface area contributed by atoms with Crippen LogP contribution in [0.25, 0.3) is 0 Å². The maximum Gasteiger partial charge on any atom is 0.274 e. The highest BCUT2D eigenvalue weighted by Gasteiger charge is 2.23. The lowest BCUT2D eigenvalue weighted by molar-refractivity contribution is 0.0928. The van der Waals surface area contributed by atoms with Gasteiger partial charge in [-0.25, -0.2) is 0 Å². The minimum absolute atomic E-state index is 0.201. The second-order valence-electron chi connectivity index (χ2n) is 7.27. The third-order valence-corrected chi connectivity index (χ3v) is 5.25. The summed E-state index contributed by atoms with van der Waals surface area (Å²) in [6.45, 7) is 12.7. The lowest BCUT2D eigenvalue weighted by Gasteiger charge is -2.13. The molecule has 2 heterocycles. The van der Waals surface area contributed by atoms with E-state index in [4.69, 9.17) is 9.26 Å². The third-order valence-electron chi connectivity index (χ3n) is 5.25. The summed E-state index contributed by atoms with van der Waals surface area (Å²) in [5.41, 5.74) is 5.00. The largest absolute Gasteiger partial charge is 0.488 e. The van der Waals surface area contributed by atoms with Gasteiger partial charge < -0.3 is 14.6 Å². The Morgan fingerprint density at radius 2 is 2.03 bits per heavy atom. The van der Waals surface area contributed by atoms with Crippen LogP contribution in [0.5, 0.6) is 5.75 Å². The van der Waals surface area contributed by atoms with Crippen LogP contribution < -0.4 is 10.1 Å². The predicted octanol–water partition coefficient (Wildman–Crippen LogP) is 4.19. The average molecular weight is 396 g/mol. The first-order chi connectivity index (χ1) is 13.8. The summed E-state index contributed by atoms with van der Waals surface area (Å²) in [6.07, 6.45) is 1.96. The minimum atomic E-state index is -0.294. The molecular formula is C22H28N4O3. The van der Waals surface area contributed by atoms with Crippen molar-refractivity contribution in [1.82, 2.24) is 20.3 Å². The molecule has 154 valence electrons. The summed E-state index contributed by atoms with van der Waals surface area (Å²) < 4.78 is 13.1. The molecule has 7 nitrogen and oxygen atoms in total. The van der Waals surface area contributed by atoms with E-state index in [0.29, 0.717) is 11.3 Å². The first-order valence-corrected chi connectivity index (χ1v) is 9.80. The fraction of sp³-hybridized carbons (Fsp3) is 0.409. The van der Waals surface area contributed by atoms with E-state index in [9.17, 15) is 4.79 Å². The summed E-state index contributed by atoms with van der Waals surface area (Å²) in [7, 11) is 0. The number of carbonyl (C=O) groups is 1. The van der Waals surface area contributed by atoms with Gasteiger partial charge in [0.25, 0.3) is 5.91 Å². The van der Waals surface area contributed by atoms with Gasteiger partial charge in [0.1, 0.15) is 18.1 Å². The molecule has 1 atom stereocenters. The number of nitrogens with zero attached hydrogens (tertiary/aromatic N) is 3. The van der Waals surface area contributed by atoms with Crippen molar-refractivity contribution >= 4 is 5.91 Å². The second-order valence-corrected chi connectivity index (χ2v) is 7.27. The number of rotatable bonds is 7. The van der Waals surface area contributed by atoms with Crippen molar-refractivity contribution in [3.8, 4) is 5.75 Å². The number of amides is 1. The van der Waals surface area contributed by atoms with Crippen LogP contribution in [0.2, 0.25) is 0 Å². The van der Waals surface area contributed by atoms with Gasteiger partial charge in [-0.3, -0.25) is 9.48 Å². The Kier molecular flexibility index (Phi) is 6.06. The number of benzene rings is 1. The van der Waals surface area contributed by atoms with Gasteiger partial charge in [0, 0.05) is 18.3 Å². The topological polar surface area (TPSA) is 82.2 Å².